The fourth-order valence-electron chi connectivity index (χ4n) is 3.25. The molecular weight excluding hydrogens is 332 g/mol. The monoisotopic (exact) mass is 352 g/mol. The quantitative estimate of drug-likeness (QED) is 0.919. The van der Waals surface area contributed by atoms with Gasteiger partial charge in [0.05, 0.1) is 4.90 Å². The summed E-state index contributed by atoms with van der Waals surface area (Å²) in [5, 5.41) is 1.86. The number of hydrogen-bond donors (Lipinski definition) is 1. The van der Waals surface area contributed by atoms with Gasteiger partial charge < -0.3 is 4.90 Å². The molecule has 0 bridgehead atoms. The lowest BCUT2D eigenvalue weighted by atomic mass is 9.90. The van der Waals surface area contributed by atoms with Crippen molar-refractivity contribution in [2.75, 3.05) is 26.7 Å². The zero-order chi connectivity index (χ0) is 16.7. The fourth-order valence-corrected chi connectivity index (χ4v) is 5.04. The van der Waals surface area contributed by atoms with Gasteiger partial charge in [-0.15, -0.1) is 0 Å². The van der Waals surface area contributed by atoms with Gasteiger partial charge in [-0.3, -0.25) is 0 Å². The van der Waals surface area contributed by atoms with Crippen molar-refractivity contribution < 1.29 is 8.42 Å². The third kappa shape index (κ3) is 3.38. The van der Waals surface area contributed by atoms with Crippen LogP contribution in [-0.4, -0.2) is 40.0 Å². The molecule has 0 amide bonds. The number of sulfonamides is 1. The van der Waals surface area contributed by atoms with Gasteiger partial charge in [0.2, 0.25) is 10.0 Å². The second-order valence-electron chi connectivity index (χ2n) is 6.72. The first-order chi connectivity index (χ1) is 10.8. The van der Waals surface area contributed by atoms with Gasteiger partial charge in [-0.1, -0.05) is 42.8 Å². The van der Waals surface area contributed by atoms with Crippen LogP contribution in [0.2, 0.25) is 5.02 Å². The van der Waals surface area contributed by atoms with Gasteiger partial charge in [-0.2, -0.15) is 0 Å². The molecule has 1 fully saturated rings. The molecule has 0 saturated carbocycles. The molecular formula is C17H21ClN2O2S. The first-order valence-electron chi connectivity index (χ1n) is 7.66. The summed E-state index contributed by atoms with van der Waals surface area (Å²) in [6.07, 6.45) is 0.988. The van der Waals surface area contributed by atoms with Crippen molar-refractivity contribution >= 4 is 32.4 Å². The van der Waals surface area contributed by atoms with E-state index in [0.717, 1.165) is 24.9 Å². The minimum Gasteiger partial charge on any atom is -0.306 e. The van der Waals surface area contributed by atoms with Gasteiger partial charge in [0.1, 0.15) is 0 Å². The lowest BCUT2D eigenvalue weighted by molar-refractivity contribution is 0.310. The maximum Gasteiger partial charge on any atom is 0.241 e. The van der Waals surface area contributed by atoms with E-state index in [2.05, 4.69) is 23.6 Å². The largest absolute Gasteiger partial charge is 0.306 e. The molecule has 1 heterocycles. The number of nitrogens with zero attached hydrogens (tertiary/aromatic N) is 1. The molecule has 1 unspecified atom stereocenters. The standard InChI is InChI=1S/C17H21ClN2O2S/c1-17(9-10-20(2)12-17)11-19-23(21,22)15-8-4-6-13-5-3-7-14(18)16(13)15/h3-8,19H,9-12H2,1-2H3. The summed E-state index contributed by atoms with van der Waals surface area (Å²) in [7, 11) is -1.55. The summed E-state index contributed by atoms with van der Waals surface area (Å²) < 4.78 is 28.4. The molecule has 1 N–H and O–H groups in total. The van der Waals surface area contributed by atoms with Gasteiger partial charge in [0, 0.05) is 23.5 Å². The van der Waals surface area contributed by atoms with Crippen molar-refractivity contribution in [1.29, 1.82) is 0 Å². The smallest absolute Gasteiger partial charge is 0.241 e. The van der Waals surface area contributed by atoms with Crippen LogP contribution in [0.5, 0.6) is 0 Å². The Hall–Kier alpha value is -1.14. The van der Waals surface area contributed by atoms with Crippen molar-refractivity contribution in [3.63, 3.8) is 0 Å². The zero-order valence-corrected chi connectivity index (χ0v) is 14.9. The van der Waals surface area contributed by atoms with E-state index in [4.69, 9.17) is 11.6 Å². The van der Waals surface area contributed by atoms with Crippen molar-refractivity contribution in [3.8, 4) is 0 Å². The molecule has 0 aliphatic carbocycles. The predicted octanol–water partition coefficient (Wildman–Crippen LogP) is 3.11. The topological polar surface area (TPSA) is 49.4 Å². The van der Waals surface area contributed by atoms with Crippen LogP contribution < -0.4 is 4.72 Å². The van der Waals surface area contributed by atoms with Crippen molar-refractivity contribution in [3.05, 3.63) is 41.4 Å². The maximum absolute atomic E-state index is 12.8. The van der Waals surface area contributed by atoms with Gasteiger partial charge in [-0.25, -0.2) is 13.1 Å². The molecule has 2 aromatic rings. The second kappa shape index (κ2) is 6.06. The Kier molecular flexibility index (Phi) is 4.40. The molecule has 0 radical (unpaired) electrons. The predicted molar refractivity (Wildman–Crippen MR) is 94.4 cm³/mol. The number of likely N-dealkylation sites (tertiary alicyclic amines) is 1. The van der Waals surface area contributed by atoms with Crippen molar-refractivity contribution in [1.82, 2.24) is 9.62 Å². The third-order valence-electron chi connectivity index (χ3n) is 4.54. The lowest BCUT2D eigenvalue weighted by Crippen LogP contribution is -2.37. The molecule has 124 valence electrons. The van der Waals surface area contributed by atoms with Gasteiger partial charge in [0.25, 0.3) is 0 Å². The maximum atomic E-state index is 12.8. The van der Waals surface area contributed by atoms with E-state index in [-0.39, 0.29) is 10.3 Å². The Labute approximate surface area is 142 Å². The number of rotatable bonds is 4. The summed E-state index contributed by atoms with van der Waals surface area (Å²) in [6, 6.07) is 10.6. The van der Waals surface area contributed by atoms with Gasteiger partial charge >= 0.3 is 0 Å². The normalized spacial score (nSPS) is 22.7. The highest BCUT2D eigenvalue weighted by molar-refractivity contribution is 7.89. The van der Waals surface area contributed by atoms with E-state index in [1.165, 1.54) is 0 Å². The molecule has 4 nitrogen and oxygen atoms in total. The average Bonchev–Trinajstić information content (AvgIpc) is 2.85. The first-order valence-corrected chi connectivity index (χ1v) is 9.52. The lowest BCUT2D eigenvalue weighted by Gasteiger charge is -2.24. The van der Waals surface area contributed by atoms with Crippen LogP contribution in [0.3, 0.4) is 0 Å². The molecule has 2 aromatic carbocycles. The minimum atomic E-state index is -3.61. The van der Waals surface area contributed by atoms with Crippen LogP contribution in [0.15, 0.2) is 41.3 Å². The van der Waals surface area contributed by atoms with Gasteiger partial charge in [-0.05, 0) is 42.9 Å². The van der Waals surface area contributed by atoms with Crippen molar-refractivity contribution in [2.45, 2.75) is 18.2 Å². The Bertz CT molecular complexity index is 832. The van der Waals surface area contributed by atoms with E-state index in [0.29, 0.717) is 17.0 Å². The third-order valence-corrected chi connectivity index (χ3v) is 6.30. The summed E-state index contributed by atoms with van der Waals surface area (Å²) in [5.41, 5.74) is -0.0315. The van der Waals surface area contributed by atoms with Crippen LogP contribution in [0, 0.1) is 5.41 Å². The molecule has 0 spiro atoms. The summed E-state index contributed by atoms with van der Waals surface area (Å²) >= 11 is 6.24. The van der Waals surface area contributed by atoms with Crippen LogP contribution in [0.4, 0.5) is 0 Å². The minimum absolute atomic E-state index is 0.0315. The summed E-state index contributed by atoms with van der Waals surface area (Å²) in [6.45, 7) is 4.44. The molecule has 6 heteroatoms. The highest BCUT2D eigenvalue weighted by Gasteiger charge is 2.33. The van der Waals surface area contributed by atoms with E-state index in [1.54, 1.807) is 18.2 Å². The first kappa shape index (κ1) is 16.7. The number of hydrogen-bond acceptors (Lipinski definition) is 3. The van der Waals surface area contributed by atoms with E-state index in [1.807, 2.05) is 18.2 Å². The van der Waals surface area contributed by atoms with Crippen LogP contribution in [-0.2, 0) is 10.0 Å². The molecule has 23 heavy (non-hydrogen) atoms. The second-order valence-corrected chi connectivity index (χ2v) is 8.86. The van der Waals surface area contributed by atoms with Crippen molar-refractivity contribution in [2.24, 2.45) is 5.41 Å². The SMILES string of the molecule is CN1CCC(C)(CNS(=O)(=O)c2cccc3cccc(Cl)c23)C1. The van der Waals surface area contributed by atoms with Crippen LogP contribution in [0.1, 0.15) is 13.3 Å². The molecule has 0 aromatic heterocycles. The molecule has 1 atom stereocenters. The Morgan fingerprint density at radius 2 is 1.96 bits per heavy atom. The zero-order valence-electron chi connectivity index (χ0n) is 13.3. The molecule has 1 aliphatic rings. The van der Waals surface area contributed by atoms with E-state index < -0.39 is 10.0 Å². The van der Waals surface area contributed by atoms with Gasteiger partial charge in [0.15, 0.2) is 0 Å². The number of halogens is 1. The summed E-state index contributed by atoms with van der Waals surface area (Å²) in [4.78, 5) is 2.47. The Balaban J connectivity index is 1.92. The number of benzene rings is 2. The highest BCUT2D eigenvalue weighted by atomic mass is 35.5. The molecule has 3 rings (SSSR count). The Morgan fingerprint density at radius 1 is 1.26 bits per heavy atom. The highest BCUT2D eigenvalue weighted by Crippen LogP contribution is 2.31. The van der Waals surface area contributed by atoms with E-state index in [9.17, 15) is 8.42 Å². The molecule has 1 saturated heterocycles. The summed E-state index contributed by atoms with van der Waals surface area (Å²) in [5.74, 6) is 0. The fraction of sp³-hybridized carbons (Fsp3) is 0.412. The van der Waals surface area contributed by atoms with E-state index >= 15 is 0 Å². The van der Waals surface area contributed by atoms with Crippen LogP contribution >= 0.6 is 11.6 Å². The Morgan fingerprint density at radius 3 is 2.61 bits per heavy atom. The average molecular weight is 353 g/mol. The van der Waals surface area contributed by atoms with Crippen LogP contribution in [0.25, 0.3) is 10.8 Å². The number of fused-ring (bicyclic) bond motifs is 1. The molecule has 1 aliphatic heterocycles. The number of nitrogens with one attached hydrogen (secondary N) is 1.